The molecule has 2 aromatic rings. The Morgan fingerprint density at radius 2 is 1.81 bits per heavy atom. The molecule has 0 aromatic heterocycles. The molecule has 2 aliphatic carbocycles. The maximum atomic E-state index is 11.5. The van der Waals surface area contributed by atoms with Crippen molar-refractivity contribution in [3.05, 3.63) is 64.7 Å². The number of benzene rings is 2. The van der Waals surface area contributed by atoms with Gasteiger partial charge in [0.05, 0.1) is 11.6 Å². The van der Waals surface area contributed by atoms with E-state index < -0.39 is 5.97 Å². The summed E-state index contributed by atoms with van der Waals surface area (Å²) in [5.41, 5.74) is 5.53. The van der Waals surface area contributed by atoms with Gasteiger partial charge in [0, 0.05) is 5.69 Å². The van der Waals surface area contributed by atoms with Crippen LogP contribution in [0.5, 0.6) is 0 Å². The Balaban J connectivity index is 1.57. The van der Waals surface area contributed by atoms with Crippen molar-refractivity contribution in [2.24, 2.45) is 17.8 Å². The smallest absolute Gasteiger partial charge is 0.335 e. The van der Waals surface area contributed by atoms with Crippen LogP contribution in [0, 0.1) is 17.8 Å². The van der Waals surface area contributed by atoms with E-state index in [1.807, 2.05) is 12.1 Å². The molecule has 27 heavy (non-hydrogen) atoms. The molecule has 0 saturated heterocycles. The summed E-state index contributed by atoms with van der Waals surface area (Å²) < 4.78 is 0. The Morgan fingerprint density at radius 1 is 1.07 bits per heavy atom. The van der Waals surface area contributed by atoms with Crippen LogP contribution in [0.2, 0.25) is 0 Å². The first-order valence-electron chi connectivity index (χ1n) is 10.3. The summed E-state index contributed by atoms with van der Waals surface area (Å²) in [6, 6.07) is 15.1. The van der Waals surface area contributed by atoms with Gasteiger partial charge in [-0.25, -0.2) is 4.79 Å². The lowest BCUT2D eigenvalue weighted by Crippen LogP contribution is -2.35. The molecule has 0 amide bonds. The van der Waals surface area contributed by atoms with Gasteiger partial charge >= 0.3 is 5.97 Å². The maximum Gasteiger partial charge on any atom is 0.335 e. The van der Waals surface area contributed by atoms with Crippen LogP contribution in [0.25, 0.3) is 0 Å². The Labute approximate surface area is 160 Å². The van der Waals surface area contributed by atoms with Gasteiger partial charge in [0.15, 0.2) is 0 Å². The van der Waals surface area contributed by atoms with Gasteiger partial charge in [0.25, 0.3) is 0 Å². The van der Waals surface area contributed by atoms with Gasteiger partial charge in [-0.2, -0.15) is 0 Å². The molecule has 140 valence electrons. The lowest BCUT2D eigenvalue weighted by Gasteiger charge is -2.43. The second-order valence-corrected chi connectivity index (χ2v) is 8.99. The van der Waals surface area contributed by atoms with E-state index in [9.17, 15) is 9.90 Å². The highest BCUT2D eigenvalue weighted by Crippen LogP contribution is 2.63. The minimum atomic E-state index is -0.830. The maximum absolute atomic E-state index is 11.5. The van der Waals surface area contributed by atoms with Crippen molar-refractivity contribution in [1.82, 2.24) is 0 Å². The summed E-state index contributed by atoms with van der Waals surface area (Å²) >= 11 is 0. The van der Waals surface area contributed by atoms with Crippen LogP contribution >= 0.6 is 0 Å². The molecule has 0 radical (unpaired) electrons. The number of anilines is 1. The number of carboxylic acids is 1. The van der Waals surface area contributed by atoms with Gasteiger partial charge in [-0.3, -0.25) is 0 Å². The van der Waals surface area contributed by atoms with Crippen molar-refractivity contribution in [1.29, 1.82) is 0 Å². The van der Waals surface area contributed by atoms with Crippen molar-refractivity contribution in [2.45, 2.75) is 51.0 Å². The van der Waals surface area contributed by atoms with E-state index in [1.165, 1.54) is 36.0 Å². The Kier molecular flexibility index (Phi) is 3.82. The van der Waals surface area contributed by atoms with Crippen molar-refractivity contribution >= 4 is 11.7 Å². The Bertz CT molecular complexity index is 886. The molecule has 1 aliphatic heterocycles. The quantitative estimate of drug-likeness (QED) is 0.726. The molecule has 0 unspecified atom stereocenters. The number of carboxylic acid groups (broad SMARTS) is 1. The molecule has 3 aliphatic rings. The zero-order valence-corrected chi connectivity index (χ0v) is 16.0. The third-order valence-corrected chi connectivity index (χ3v) is 7.30. The zero-order valence-electron chi connectivity index (χ0n) is 16.0. The highest BCUT2D eigenvalue weighted by Gasteiger charge is 2.53. The highest BCUT2D eigenvalue weighted by atomic mass is 16.4. The van der Waals surface area contributed by atoms with Gasteiger partial charge in [-0.1, -0.05) is 38.1 Å². The second kappa shape index (κ2) is 6.12. The van der Waals surface area contributed by atoms with E-state index in [-0.39, 0.29) is 0 Å². The number of hydrogen-bond donors (Lipinski definition) is 2. The van der Waals surface area contributed by atoms with Crippen molar-refractivity contribution in [3.63, 3.8) is 0 Å². The standard InChI is InChI=1S/C24H27NO2/c1-13(2)14-3-5-15(6-4-14)23-22-17-8-7-16(11-17)21(22)19-12-18(24(26)27)9-10-20(19)25-23/h3-6,9-10,12-13,16-17,21-23,25H,7-8,11H2,1-2H3,(H,26,27)/t16-,17-,21+,22+,23-/m0/s1. The van der Waals surface area contributed by atoms with Crippen molar-refractivity contribution in [3.8, 4) is 0 Å². The number of aromatic carboxylic acids is 1. The van der Waals surface area contributed by atoms with Gasteiger partial charge in [-0.05, 0) is 83.7 Å². The van der Waals surface area contributed by atoms with Crippen LogP contribution in [0.4, 0.5) is 5.69 Å². The topological polar surface area (TPSA) is 49.3 Å². The van der Waals surface area contributed by atoms with E-state index >= 15 is 0 Å². The Morgan fingerprint density at radius 3 is 2.52 bits per heavy atom. The predicted octanol–water partition coefficient (Wildman–Crippen LogP) is 5.80. The van der Waals surface area contributed by atoms with Gasteiger partial charge < -0.3 is 10.4 Å². The number of hydrogen-bond acceptors (Lipinski definition) is 2. The third-order valence-electron chi connectivity index (χ3n) is 7.30. The minimum absolute atomic E-state index is 0.328. The molecular formula is C24H27NO2. The molecule has 5 atom stereocenters. The van der Waals surface area contributed by atoms with Crippen molar-refractivity contribution < 1.29 is 9.90 Å². The fourth-order valence-electron chi connectivity index (χ4n) is 6.04. The van der Waals surface area contributed by atoms with Crippen LogP contribution < -0.4 is 5.32 Å². The summed E-state index contributed by atoms with van der Waals surface area (Å²) in [7, 11) is 0. The number of nitrogens with one attached hydrogen (secondary N) is 1. The molecule has 2 aromatic carbocycles. The molecular weight excluding hydrogens is 334 g/mol. The van der Waals surface area contributed by atoms with Crippen LogP contribution in [-0.2, 0) is 0 Å². The van der Waals surface area contributed by atoms with Crippen molar-refractivity contribution in [2.75, 3.05) is 5.32 Å². The summed E-state index contributed by atoms with van der Waals surface area (Å²) in [5.74, 6) is 2.25. The zero-order chi connectivity index (χ0) is 18.7. The highest BCUT2D eigenvalue weighted by molar-refractivity contribution is 5.88. The van der Waals surface area contributed by atoms with E-state index in [0.717, 1.165) is 11.6 Å². The van der Waals surface area contributed by atoms with E-state index in [4.69, 9.17) is 0 Å². The van der Waals surface area contributed by atoms with Crippen LogP contribution in [0.15, 0.2) is 42.5 Å². The summed E-state index contributed by atoms with van der Waals surface area (Å²) in [6.07, 6.45) is 3.91. The summed E-state index contributed by atoms with van der Waals surface area (Å²) in [4.78, 5) is 11.5. The van der Waals surface area contributed by atoms with Crippen LogP contribution in [-0.4, -0.2) is 11.1 Å². The molecule has 3 heteroatoms. The second-order valence-electron chi connectivity index (χ2n) is 8.99. The summed E-state index contributed by atoms with van der Waals surface area (Å²) in [6.45, 7) is 4.46. The fourth-order valence-corrected chi connectivity index (χ4v) is 6.04. The van der Waals surface area contributed by atoms with Gasteiger partial charge in [0.1, 0.15) is 0 Å². The third kappa shape index (κ3) is 2.59. The van der Waals surface area contributed by atoms with Gasteiger partial charge in [0.2, 0.25) is 0 Å². The minimum Gasteiger partial charge on any atom is -0.478 e. The van der Waals surface area contributed by atoms with Crippen LogP contribution in [0.3, 0.4) is 0 Å². The normalized spacial score (nSPS) is 30.7. The Hall–Kier alpha value is -2.29. The van der Waals surface area contributed by atoms with Gasteiger partial charge in [-0.15, -0.1) is 0 Å². The molecule has 2 bridgehead atoms. The van der Waals surface area contributed by atoms with Crippen LogP contribution in [0.1, 0.15) is 78.0 Å². The molecule has 2 N–H and O–H groups in total. The number of fused-ring (bicyclic) bond motifs is 7. The van der Waals surface area contributed by atoms with E-state index in [0.29, 0.717) is 35.3 Å². The van der Waals surface area contributed by atoms with E-state index in [2.05, 4.69) is 43.4 Å². The number of rotatable bonds is 3. The lowest BCUT2D eigenvalue weighted by molar-refractivity contribution is 0.0696. The fraction of sp³-hybridized carbons (Fsp3) is 0.458. The first kappa shape index (κ1) is 16.9. The monoisotopic (exact) mass is 361 g/mol. The molecule has 3 nitrogen and oxygen atoms in total. The molecule has 2 saturated carbocycles. The molecule has 0 spiro atoms. The predicted molar refractivity (Wildman–Crippen MR) is 107 cm³/mol. The number of carbonyl (C=O) groups is 1. The lowest BCUT2D eigenvalue weighted by atomic mass is 9.68. The average molecular weight is 361 g/mol. The first-order chi connectivity index (χ1) is 13.0. The molecule has 2 fully saturated rings. The molecule has 5 rings (SSSR count). The first-order valence-corrected chi connectivity index (χ1v) is 10.3. The SMILES string of the molecule is CC(C)c1ccc([C@@H]2Nc3ccc(C(=O)O)cc3[C@H]3[C@H]4CC[C@@H](C4)[C@H]32)cc1. The molecule has 1 heterocycles. The summed E-state index contributed by atoms with van der Waals surface area (Å²) in [5, 5.41) is 13.2. The van der Waals surface area contributed by atoms with E-state index in [1.54, 1.807) is 6.07 Å². The largest absolute Gasteiger partial charge is 0.478 e. The average Bonchev–Trinajstić information content (AvgIpc) is 3.29.